The van der Waals surface area contributed by atoms with Gasteiger partial charge in [-0.15, -0.1) is 0 Å². The predicted molar refractivity (Wildman–Crippen MR) is 64.7 cm³/mol. The molecule has 1 amide bonds. The molecule has 18 heavy (non-hydrogen) atoms. The molecule has 92 valence electrons. The van der Waals surface area contributed by atoms with Gasteiger partial charge in [0, 0.05) is 18.1 Å². The molecule has 2 heterocycles. The van der Waals surface area contributed by atoms with Crippen LogP contribution in [0.1, 0.15) is 40.5 Å². The summed E-state index contributed by atoms with van der Waals surface area (Å²) < 4.78 is 0. The van der Waals surface area contributed by atoms with Crippen molar-refractivity contribution in [1.82, 2.24) is 20.3 Å². The number of imidazole rings is 1. The maximum Gasteiger partial charge on any atom is 0.268 e. The lowest BCUT2D eigenvalue weighted by atomic mass is 10.3. The molecule has 0 aromatic carbocycles. The summed E-state index contributed by atoms with van der Waals surface area (Å²) in [6.45, 7) is 3.74. The topological polar surface area (TPSA) is 97.4 Å². The highest BCUT2D eigenvalue weighted by atomic mass is 16.1. The van der Waals surface area contributed by atoms with Gasteiger partial charge < -0.3 is 15.3 Å². The second-order valence-electron chi connectivity index (χ2n) is 4.06. The number of hydrogen-bond donors (Lipinski definition) is 3. The fourth-order valence-corrected chi connectivity index (χ4v) is 1.59. The number of carbonyl (C=O) groups is 1. The van der Waals surface area contributed by atoms with Crippen LogP contribution in [0.5, 0.6) is 0 Å². The summed E-state index contributed by atoms with van der Waals surface area (Å²) >= 11 is 0. The molecule has 6 nitrogen and oxygen atoms in total. The zero-order chi connectivity index (χ0) is 13.1. The van der Waals surface area contributed by atoms with Crippen LogP contribution in [-0.2, 0) is 0 Å². The van der Waals surface area contributed by atoms with Gasteiger partial charge in [-0.3, -0.25) is 4.79 Å². The molecule has 2 rings (SSSR count). The van der Waals surface area contributed by atoms with Crippen LogP contribution in [0, 0.1) is 18.3 Å². The number of carbonyl (C=O) groups excluding carboxylic acids is 1. The molecule has 0 spiro atoms. The lowest BCUT2D eigenvalue weighted by molar-refractivity contribution is 0.0934. The molecule has 3 N–H and O–H groups in total. The monoisotopic (exact) mass is 243 g/mol. The first-order valence-electron chi connectivity index (χ1n) is 5.51. The summed E-state index contributed by atoms with van der Waals surface area (Å²) in [7, 11) is 0. The Hall–Kier alpha value is -2.55. The maximum atomic E-state index is 11.9. The van der Waals surface area contributed by atoms with E-state index in [4.69, 9.17) is 5.26 Å². The fraction of sp³-hybridized carbons (Fsp3) is 0.250. The smallest absolute Gasteiger partial charge is 0.268 e. The molecule has 0 fully saturated rings. The van der Waals surface area contributed by atoms with E-state index in [0.717, 1.165) is 5.69 Å². The minimum absolute atomic E-state index is 0.222. The molecular formula is C12H13N5O. The van der Waals surface area contributed by atoms with E-state index in [1.54, 1.807) is 6.20 Å². The van der Waals surface area contributed by atoms with Crippen molar-refractivity contribution < 1.29 is 4.79 Å². The second kappa shape index (κ2) is 4.75. The average Bonchev–Trinajstić information content (AvgIpc) is 2.97. The number of H-pyrrole nitrogens is 2. The van der Waals surface area contributed by atoms with E-state index >= 15 is 0 Å². The van der Waals surface area contributed by atoms with Gasteiger partial charge in [-0.05, 0) is 19.9 Å². The molecular weight excluding hydrogens is 230 g/mol. The highest BCUT2D eigenvalue weighted by Gasteiger charge is 2.14. The predicted octanol–water partition coefficient (Wildman–Crippen LogP) is 1.41. The van der Waals surface area contributed by atoms with Gasteiger partial charge in [-0.1, -0.05) is 0 Å². The van der Waals surface area contributed by atoms with Gasteiger partial charge in [-0.2, -0.15) is 5.26 Å². The second-order valence-corrected chi connectivity index (χ2v) is 4.06. The van der Waals surface area contributed by atoms with Crippen molar-refractivity contribution in [1.29, 1.82) is 5.26 Å². The quantitative estimate of drug-likeness (QED) is 0.760. The summed E-state index contributed by atoms with van der Waals surface area (Å²) in [6.07, 6.45) is 3.21. The van der Waals surface area contributed by atoms with E-state index in [2.05, 4.69) is 20.3 Å². The third-order valence-corrected chi connectivity index (χ3v) is 2.54. The summed E-state index contributed by atoms with van der Waals surface area (Å²) in [5.74, 6) is 0.436. The Morgan fingerprint density at radius 2 is 2.39 bits per heavy atom. The van der Waals surface area contributed by atoms with E-state index in [1.807, 2.05) is 19.9 Å². The molecule has 6 heteroatoms. The van der Waals surface area contributed by atoms with Crippen molar-refractivity contribution in [2.75, 3.05) is 0 Å². The SMILES string of the molecule is Cc1cnc([C@@H](C)NC(=O)c2cc(C#N)c[nH]2)[nH]1. The van der Waals surface area contributed by atoms with Gasteiger partial charge in [-0.25, -0.2) is 4.98 Å². The normalized spacial score (nSPS) is 11.8. The number of aromatic amines is 2. The van der Waals surface area contributed by atoms with Gasteiger partial charge >= 0.3 is 0 Å². The Morgan fingerprint density at radius 3 is 2.94 bits per heavy atom. The first-order chi connectivity index (χ1) is 8.60. The van der Waals surface area contributed by atoms with E-state index < -0.39 is 0 Å². The summed E-state index contributed by atoms with van der Waals surface area (Å²) in [6, 6.07) is 3.25. The van der Waals surface area contributed by atoms with Crippen LogP contribution < -0.4 is 5.32 Å². The van der Waals surface area contributed by atoms with Crippen LogP contribution in [0.25, 0.3) is 0 Å². The highest BCUT2D eigenvalue weighted by Crippen LogP contribution is 2.09. The van der Waals surface area contributed by atoms with Crippen molar-refractivity contribution in [3.05, 3.63) is 41.2 Å². The number of nitriles is 1. The Bertz CT molecular complexity index is 604. The summed E-state index contributed by atoms with van der Waals surface area (Å²) in [4.78, 5) is 21.8. The fourth-order valence-electron chi connectivity index (χ4n) is 1.59. The Kier molecular flexibility index (Phi) is 3.15. The first-order valence-corrected chi connectivity index (χ1v) is 5.51. The van der Waals surface area contributed by atoms with Crippen LogP contribution in [0.3, 0.4) is 0 Å². The average molecular weight is 243 g/mol. The molecule has 0 aliphatic rings. The largest absolute Gasteiger partial charge is 0.356 e. The van der Waals surface area contributed by atoms with Crippen molar-refractivity contribution in [3.63, 3.8) is 0 Å². The van der Waals surface area contributed by atoms with Crippen molar-refractivity contribution in [3.8, 4) is 6.07 Å². The van der Waals surface area contributed by atoms with Crippen molar-refractivity contribution in [2.45, 2.75) is 19.9 Å². The van der Waals surface area contributed by atoms with E-state index in [9.17, 15) is 4.79 Å². The van der Waals surface area contributed by atoms with E-state index in [0.29, 0.717) is 17.1 Å². The maximum absolute atomic E-state index is 11.9. The number of rotatable bonds is 3. The Balaban J connectivity index is 2.05. The molecule has 0 saturated carbocycles. The highest BCUT2D eigenvalue weighted by molar-refractivity contribution is 5.93. The van der Waals surface area contributed by atoms with E-state index in [1.165, 1.54) is 12.3 Å². The van der Waals surface area contributed by atoms with Crippen LogP contribution in [0.2, 0.25) is 0 Å². The number of amides is 1. The minimum Gasteiger partial charge on any atom is -0.356 e. The molecule has 1 atom stereocenters. The van der Waals surface area contributed by atoms with Crippen LogP contribution in [0.15, 0.2) is 18.5 Å². The summed E-state index contributed by atoms with van der Waals surface area (Å²) in [5.41, 5.74) is 1.74. The van der Waals surface area contributed by atoms with Gasteiger partial charge in [0.15, 0.2) is 0 Å². The lowest BCUT2D eigenvalue weighted by Crippen LogP contribution is -2.27. The first kappa shape index (κ1) is 11.9. The molecule has 2 aromatic heterocycles. The third kappa shape index (κ3) is 2.40. The molecule has 0 aliphatic heterocycles. The Labute approximate surface area is 104 Å². The summed E-state index contributed by atoms with van der Waals surface area (Å²) in [5, 5.41) is 11.5. The van der Waals surface area contributed by atoms with E-state index in [-0.39, 0.29) is 11.9 Å². The molecule has 0 unspecified atom stereocenters. The third-order valence-electron chi connectivity index (χ3n) is 2.54. The Morgan fingerprint density at radius 1 is 1.61 bits per heavy atom. The number of aromatic nitrogens is 3. The van der Waals surface area contributed by atoms with Crippen LogP contribution in [0.4, 0.5) is 0 Å². The van der Waals surface area contributed by atoms with Gasteiger partial charge in [0.1, 0.15) is 17.6 Å². The van der Waals surface area contributed by atoms with Gasteiger partial charge in [0.2, 0.25) is 0 Å². The van der Waals surface area contributed by atoms with Crippen LogP contribution in [-0.4, -0.2) is 20.9 Å². The number of aryl methyl sites for hydroxylation is 1. The lowest BCUT2D eigenvalue weighted by Gasteiger charge is -2.10. The zero-order valence-corrected chi connectivity index (χ0v) is 10.1. The van der Waals surface area contributed by atoms with Crippen molar-refractivity contribution in [2.24, 2.45) is 0 Å². The number of nitrogens with one attached hydrogen (secondary N) is 3. The zero-order valence-electron chi connectivity index (χ0n) is 10.1. The number of nitrogens with zero attached hydrogens (tertiary/aromatic N) is 2. The molecule has 0 aliphatic carbocycles. The molecule has 0 saturated heterocycles. The number of hydrogen-bond acceptors (Lipinski definition) is 3. The standard InChI is InChI=1S/C12H13N5O/c1-7-5-15-11(16-7)8(2)17-12(18)10-3-9(4-13)6-14-10/h3,5-6,8,14H,1-2H3,(H,15,16)(H,17,18)/t8-/m1/s1. The molecule has 2 aromatic rings. The molecule has 0 radical (unpaired) electrons. The van der Waals surface area contributed by atoms with Crippen LogP contribution >= 0.6 is 0 Å². The van der Waals surface area contributed by atoms with Gasteiger partial charge in [0.05, 0.1) is 11.6 Å². The minimum atomic E-state index is -0.266. The van der Waals surface area contributed by atoms with Crippen molar-refractivity contribution >= 4 is 5.91 Å². The molecule has 0 bridgehead atoms. The van der Waals surface area contributed by atoms with Gasteiger partial charge in [0.25, 0.3) is 5.91 Å².